The summed E-state index contributed by atoms with van der Waals surface area (Å²) in [4.78, 5) is 42.2. The molecule has 1 N–H and O–H groups in total. The lowest BCUT2D eigenvalue weighted by atomic mass is 9.47. The quantitative estimate of drug-likeness (QED) is 0.235. The van der Waals surface area contributed by atoms with Gasteiger partial charge in [-0.25, -0.2) is 10.3 Å². The van der Waals surface area contributed by atoms with Gasteiger partial charge in [0.25, 0.3) is 0 Å². The first-order valence-corrected chi connectivity index (χ1v) is 12.6. The summed E-state index contributed by atoms with van der Waals surface area (Å²) in [5.41, 5.74) is 5.53. The van der Waals surface area contributed by atoms with Crippen LogP contribution in [0.5, 0.6) is 0 Å². The molecule has 2 unspecified atom stereocenters. The second kappa shape index (κ2) is 8.26. The van der Waals surface area contributed by atoms with Crippen molar-refractivity contribution in [3.05, 3.63) is 124 Å². The van der Waals surface area contributed by atoms with Crippen molar-refractivity contribution in [3.8, 4) is 0 Å². The highest BCUT2D eigenvalue weighted by atomic mass is 35.5. The highest BCUT2D eigenvalue weighted by Crippen LogP contribution is 2.63. The molecule has 8 heteroatoms. The number of nitrogens with one attached hydrogen (secondary N) is 1. The van der Waals surface area contributed by atoms with Crippen LogP contribution < -0.4 is 10.3 Å². The van der Waals surface area contributed by atoms with Gasteiger partial charge in [-0.1, -0.05) is 72.3 Å². The molecule has 1 aromatic heterocycles. The van der Waals surface area contributed by atoms with E-state index in [1.54, 1.807) is 36.5 Å². The molecular weight excluding hydrogens is 502 g/mol. The fraction of sp³-hybridized carbons (Fsp3) is 0.133. The summed E-state index contributed by atoms with van der Waals surface area (Å²) >= 11 is 6.47. The zero-order valence-electron chi connectivity index (χ0n) is 19.9. The van der Waals surface area contributed by atoms with Crippen LogP contribution >= 0.6 is 11.6 Å². The van der Waals surface area contributed by atoms with E-state index in [1.165, 1.54) is 17.2 Å². The van der Waals surface area contributed by atoms with Gasteiger partial charge < -0.3 is 4.42 Å². The number of hydrazone groups is 1. The summed E-state index contributed by atoms with van der Waals surface area (Å²) in [6, 6.07) is 25.7. The summed E-state index contributed by atoms with van der Waals surface area (Å²) in [6.45, 7) is 0. The molecule has 2 heterocycles. The molecule has 8 rings (SSSR count). The highest BCUT2D eigenvalue weighted by molar-refractivity contribution is 6.36. The molecule has 1 aliphatic heterocycles. The number of amides is 3. The van der Waals surface area contributed by atoms with Gasteiger partial charge in [-0.3, -0.25) is 14.4 Å². The third kappa shape index (κ3) is 2.90. The van der Waals surface area contributed by atoms with E-state index < -0.39 is 23.2 Å². The molecular formula is C30H20ClN3O4. The molecule has 4 aromatic rings. The van der Waals surface area contributed by atoms with E-state index in [0.29, 0.717) is 10.7 Å². The Labute approximate surface area is 222 Å². The molecule has 3 aliphatic carbocycles. The minimum absolute atomic E-state index is 0.114. The van der Waals surface area contributed by atoms with Gasteiger partial charge >= 0.3 is 5.91 Å². The Morgan fingerprint density at radius 3 is 2.21 bits per heavy atom. The van der Waals surface area contributed by atoms with Crippen molar-refractivity contribution in [1.82, 2.24) is 5.43 Å². The van der Waals surface area contributed by atoms with Crippen LogP contribution in [0.2, 0.25) is 5.02 Å². The number of imide groups is 1. The summed E-state index contributed by atoms with van der Waals surface area (Å²) in [7, 11) is 0. The predicted molar refractivity (Wildman–Crippen MR) is 141 cm³/mol. The molecule has 2 bridgehead atoms. The Morgan fingerprint density at radius 1 is 0.895 bits per heavy atom. The van der Waals surface area contributed by atoms with Crippen LogP contribution in [0.4, 0.5) is 5.69 Å². The number of carbonyl (C=O) groups excluding carboxylic acids is 3. The molecule has 3 aromatic carbocycles. The Bertz CT molecular complexity index is 1610. The van der Waals surface area contributed by atoms with Crippen molar-refractivity contribution < 1.29 is 18.8 Å². The van der Waals surface area contributed by atoms with Gasteiger partial charge in [0.1, 0.15) is 0 Å². The van der Waals surface area contributed by atoms with Gasteiger partial charge in [-0.2, -0.15) is 5.10 Å². The lowest BCUT2D eigenvalue weighted by Gasteiger charge is -2.52. The molecule has 7 nitrogen and oxygen atoms in total. The van der Waals surface area contributed by atoms with Crippen LogP contribution in [0.3, 0.4) is 0 Å². The molecule has 0 spiro atoms. The molecule has 3 amide bonds. The monoisotopic (exact) mass is 521 g/mol. The maximum atomic E-state index is 14.3. The lowest BCUT2D eigenvalue weighted by Crippen LogP contribution is -2.54. The van der Waals surface area contributed by atoms with Crippen LogP contribution in [-0.4, -0.2) is 23.9 Å². The first kappa shape index (κ1) is 22.7. The average Bonchev–Trinajstić information content (AvgIpc) is 3.57. The van der Waals surface area contributed by atoms with Crippen LogP contribution in [0.15, 0.2) is 101 Å². The van der Waals surface area contributed by atoms with E-state index in [4.69, 9.17) is 16.0 Å². The second-order valence-electron chi connectivity index (χ2n) is 9.66. The summed E-state index contributed by atoms with van der Waals surface area (Å²) < 4.78 is 5.18. The number of furan rings is 1. The van der Waals surface area contributed by atoms with Gasteiger partial charge in [-0.15, -0.1) is 0 Å². The normalized spacial score (nSPS) is 24.9. The Hall–Kier alpha value is -4.49. The number of halogens is 1. The van der Waals surface area contributed by atoms with Gasteiger partial charge in [0.2, 0.25) is 11.8 Å². The number of nitrogens with zero attached hydrogens (tertiary/aromatic N) is 2. The molecule has 0 radical (unpaired) electrons. The van der Waals surface area contributed by atoms with Crippen molar-refractivity contribution in [2.45, 2.75) is 11.3 Å². The molecule has 1 saturated heterocycles. The first-order valence-electron chi connectivity index (χ1n) is 12.2. The third-order valence-electron chi connectivity index (χ3n) is 7.96. The van der Waals surface area contributed by atoms with Crippen molar-refractivity contribution in [2.24, 2.45) is 16.9 Å². The molecule has 2 atom stereocenters. The fourth-order valence-corrected chi connectivity index (χ4v) is 6.80. The van der Waals surface area contributed by atoms with Crippen LogP contribution in [0.25, 0.3) is 0 Å². The molecule has 186 valence electrons. The van der Waals surface area contributed by atoms with Crippen LogP contribution in [0, 0.1) is 11.8 Å². The van der Waals surface area contributed by atoms with E-state index in [2.05, 4.69) is 10.5 Å². The van der Waals surface area contributed by atoms with Crippen molar-refractivity contribution in [2.75, 3.05) is 4.90 Å². The Balaban J connectivity index is 1.44. The van der Waals surface area contributed by atoms with E-state index in [0.717, 1.165) is 22.3 Å². The summed E-state index contributed by atoms with van der Waals surface area (Å²) in [5.74, 6) is -2.77. The minimum Gasteiger partial charge on any atom is -0.459 e. The smallest absolute Gasteiger partial charge is 0.307 e. The number of hydrogen-bond donors (Lipinski definition) is 1. The number of para-hydroxylation sites is 1. The fourth-order valence-electron chi connectivity index (χ4n) is 6.58. The maximum Gasteiger partial charge on any atom is 0.307 e. The van der Waals surface area contributed by atoms with Gasteiger partial charge in [0.15, 0.2) is 5.76 Å². The van der Waals surface area contributed by atoms with Gasteiger partial charge in [-0.05, 0) is 46.5 Å². The number of hydrogen-bond acceptors (Lipinski definition) is 5. The molecule has 0 saturated carbocycles. The summed E-state index contributed by atoms with van der Waals surface area (Å²) in [5, 5.41) is 4.68. The molecule has 38 heavy (non-hydrogen) atoms. The van der Waals surface area contributed by atoms with E-state index >= 15 is 0 Å². The second-order valence-corrected chi connectivity index (χ2v) is 10.1. The van der Waals surface area contributed by atoms with E-state index in [9.17, 15) is 14.4 Å². The largest absolute Gasteiger partial charge is 0.459 e. The summed E-state index contributed by atoms with van der Waals surface area (Å²) in [6.07, 6.45) is 3.02. The maximum absolute atomic E-state index is 14.3. The number of rotatable bonds is 4. The van der Waals surface area contributed by atoms with E-state index in [-0.39, 0.29) is 23.5 Å². The topological polar surface area (TPSA) is 92.0 Å². The predicted octanol–water partition coefficient (Wildman–Crippen LogP) is 4.90. The van der Waals surface area contributed by atoms with Crippen molar-refractivity contribution >= 4 is 41.2 Å². The minimum atomic E-state index is -1.09. The Kier molecular flexibility index (Phi) is 4.93. The van der Waals surface area contributed by atoms with Gasteiger partial charge in [0.05, 0.1) is 34.2 Å². The lowest BCUT2D eigenvalue weighted by molar-refractivity contribution is -0.122. The van der Waals surface area contributed by atoms with Crippen molar-refractivity contribution in [1.29, 1.82) is 0 Å². The Morgan fingerprint density at radius 2 is 1.55 bits per heavy atom. The highest BCUT2D eigenvalue weighted by Gasteiger charge is 2.68. The molecule has 1 fully saturated rings. The number of anilines is 1. The first-order chi connectivity index (χ1) is 18.5. The van der Waals surface area contributed by atoms with E-state index in [1.807, 2.05) is 48.5 Å². The van der Waals surface area contributed by atoms with Gasteiger partial charge in [0, 0.05) is 12.1 Å². The SMILES string of the molecule is O=C(N/N=C/C12c3ccccc3C(c3ccccc31)C1C(=O)N(c3ccccc3Cl)C(=O)C12)c1ccco1. The van der Waals surface area contributed by atoms with Crippen molar-refractivity contribution in [3.63, 3.8) is 0 Å². The average molecular weight is 522 g/mol. The number of benzene rings is 3. The van der Waals surface area contributed by atoms with Crippen LogP contribution in [-0.2, 0) is 15.0 Å². The molecule has 4 aliphatic rings. The number of carbonyl (C=O) groups is 3. The standard InChI is InChI=1S/C30H20ClN3O4/c31-21-12-5-6-13-22(21)34-28(36)25-24-17-8-1-3-10-19(17)30(26(25)29(34)37,20-11-4-2-9-18(20)24)16-32-33-27(35)23-14-7-15-38-23/h1-16,24-26H,(H,33,35)/b32-16+. The van der Waals surface area contributed by atoms with Crippen LogP contribution in [0.1, 0.15) is 38.7 Å². The zero-order valence-corrected chi connectivity index (χ0v) is 20.6. The third-order valence-corrected chi connectivity index (χ3v) is 8.28. The zero-order chi connectivity index (χ0) is 26.0.